The molecule has 0 fully saturated rings. The van der Waals surface area contributed by atoms with Crippen LogP contribution in [-0.2, 0) is 0 Å². The number of hydrogen-bond acceptors (Lipinski definition) is 3. The topological polar surface area (TPSA) is 51.3 Å². The van der Waals surface area contributed by atoms with Gasteiger partial charge in [0.05, 0.1) is 12.8 Å². The Bertz CT molecular complexity index is 1370. The smallest absolute Gasteiger partial charge is 0.209 e. The molecule has 0 saturated carbocycles. The number of methoxy groups -OCH3 is 1. The third-order valence-electron chi connectivity index (χ3n) is 5.17. The fourth-order valence-electron chi connectivity index (χ4n) is 3.67. The summed E-state index contributed by atoms with van der Waals surface area (Å²) in [5.41, 5.74) is 2.01. The van der Waals surface area contributed by atoms with Crippen molar-refractivity contribution in [2.75, 3.05) is 7.11 Å². The molecule has 1 N–H and O–H groups in total. The van der Waals surface area contributed by atoms with Crippen LogP contribution in [0.1, 0.15) is 16.1 Å². The standard InChI is InChI=1S/C26H19NO3/c1-29-25-15-18(12-14-24(25)30-19-8-3-2-4-9-19)26(28)23-16-21-20-10-6-5-7-17(20)11-13-22(21)27-23/h2-16,27H,1H3. The molecule has 5 aromatic rings. The van der Waals surface area contributed by atoms with Crippen LogP contribution in [0.3, 0.4) is 0 Å². The molecule has 5 rings (SSSR count). The maximum Gasteiger partial charge on any atom is 0.209 e. The first-order chi connectivity index (χ1) is 14.7. The first-order valence-corrected chi connectivity index (χ1v) is 9.69. The molecule has 0 aliphatic heterocycles. The SMILES string of the molecule is COc1cc(C(=O)c2cc3c(ccc4ccccc43)[nH]2)ccc1Oc1ccccc1. The monoisotopic (exact) mass is 393 g/mol. The molecule has 0 spiro atoms. The molecule has 146 valence electrons. The second-order valence-electron chi connectivity index (χ2n) is 7.04. The van der Waals surface area contributed by atoms with E-state index in [9.17, 15) is 4.79 Å². The molecule has 0 bridgehead atoms. The average Bonchev–Trinajstić information content (AvgIpc) is 3.24. The number of ketones is 1. The van der Waals surface area contributed by atoms with Gasteiger partial charge in [-0.2, -0.15) is 0 Å². The fraction of sp³-hybridized carbons (Fsp3) is 0.0385. The van der Waals surface area contributed by atoms with Crippen molar-refractivity contribution in [3.63, 3.8) is 0 Å². The summed E-state index contributed by atoms with van der Waals surface area (Å²) in [6.07, 6.45) is 0. The minimum atomic E-state index is -0.0974. The average molecular weight is 393 g/mol. The van der Waals surface area contributed by atoms with E-state index in [1.165, 1.54) is 0 Å². The van der Waals surface area contributed by atoms with Gasteiger partial charge >= 0.3 is 0 Å². The molecular formula is C26H19NO3. The lowest BCUT2D eigenvalue weighted by molar-refractivity contribution is 0.103. The van der Waals surface area contributed by atoms with Gasteiger partial charge in [0.2, 0.25) is 5.78 Å². The number of para-hydroxylation sites is 1. The molecule has 0 radical (unpaired) electrons. The first kappa shape index (κ1) is 18.0. The van der Waals surface area contributed by atoms with Gasteiger partial charge in [-0.3, -0.25) is 4.79 Å². The molecule has 1 aromatic heterocycles. The Labute approximate surface area is 173 Å². The summed E-state index contributed by atoms with van der Waals surface area (Å²) in [6.45, 7) is 0. The van der Waals surface area contributed by atoms with Gasteiger partial charge in [-0.15, -0.1) is 0 Å². The van der Waals surface area contributed by atoms with Crippen molar-refractivity contribution in [2.45, 2.75) is 0 Å². The molecule has 0 unspecified atom stereocenters. The molecule has 4 heteroatoms. The Kier molecular flexibility index (Phi) is 4.45. The van der Waals surface area contributed by atoms with Crippen LogP contribution < -0.4 is 9.47 Å². The predicted molar refractivity (Wildman–Crippen MR) is 119 cm³/mol. The van der Waals surface area contributed by atoms with Gasteiger partial charge in [0.15, 0.2) is 11.5 Å². The number of fused-ring (bicyclic) bond motifs is 3. The number of rotatable bonds is 5. The number of ether oxygens (including phenoxy) is 2. The van der Waals surface area contributed by atoms with E-state index in [-0.39, 0.29) is 5.78 Å². The lowest BCUT2D eigenvalue weighted by Crippen LogP contribution is -2.02. The summed E-state index contributed by atoms with van der Waals surface area (Å²) in [6, 6.07) is 28.8. The lowest BCUT2D eigenvalue weighted by atomic mass is 10.1. The van der Waals surface area contributed by atoms with Crippen LogP contribution in [-0.4, -0.2) is 17.9 Å². The van der Waals surface area contributed by atoms with Gasteiger partial charge in [0, 0.05) is 16.5 Å². The number of aromatic amines is 1. The van der Waals surface area contributed by atoms with E-state index < -0.39 is 0 Å². The fourth-order valence-corrected chi connectivity index (χ4v) is 3.67. The summed E-state index contributed by atoms with van der Waals surface area (Å²) < 4.78 is 11.4. The van der Waals surface area contributed by atoms with Gasteiger partial charge in [-0.05, 0) is 53.2 Å². The van der Waals surface area contributed by atoms with Crippen LogP contribution in [0.25, 0.3) is 21.7 Å². The number of benzene rings is 4. The molecule has 30 heavy (non-hydrogen) atoms. The molecular weight excluding hydrogens is 374 g/mol. The van der Waals surface area contributed by atoms with Gasteiger partial charge in [0.1, 0.15) is 5.75 Å². The van der Waals surface area contributed by atoms with Crippen molar-refractivity contribution in [2.24, 2.45) is 0 Å². The Morgan fingerprint density at radius 3 is 2.40 bits per heavy atom. The Hall–Kier alpha value is -4.05. The van der Waals surface area contributed by atoms with E-state index in [1.54, 1.807) is 25.3 Å². The second kappa shape index (κ2) is 7.41. The summed E-state index contributed by atoms with van der Waals surface area (Å²) in [5.74, 6) is 1.67. The van der Waals surface area contributed by atoms with Crippen molar-refractivity contribution >= 4 is 27.5 Å². The summed E-state index contributed by atoms with van der Waals surface area (Å²) in [7, 11) is 1.57. The van der Waals surface area contributed by atoms with E-state index in [4.69, 9.17) is 9.47 Å². The van der Waals surface area contributed by atoms with Crippen molar-refractivity contribution in [3.8, 4) is 17.2 Å². The third-order valence-corrected chi connectivity index (χ3v) is 5.17. The lowest BCUT2D eigenvalue weighted by Gasteiger charge is -2.11. The predicted octanol–water partition coefficient (Wildman–Crippen LogP) is 6.35. The molecule has 4 aromatic carbocycles. The van der Waals surface area contributed by atoms with Crippen LogP contribution >= 0.6 is 0 Å². The largest absolute Gasteiger partial charge is 0.493 e. The van der Waals surface area contributed by atoms with Gasteiger partial charge in [-0.25, -0.2) is 0 Å². The number of hydrogen-bond donors (Lipinski definition) is 1. The maximum absolute atomic E-state index is 13.2. The zero-order valence-electron chi connectivity index (χ0n) is 16.4. The highest BCUT2D eigenvalue weighted by Gasteiger charge is 2.16. The highest BCUT2D eigenvalue weighted by atomic mass is 16.5. The number of carbonyl (C=O) groups is 1. The van der Waals surface area contributed by atoms with Crippen molar-refractivity contribution in [1.82, 2.24) is 4.98 Å². The van der Waals surface area contributed by atoms with Crippen LogP contribution in [0.2, 0.25) is 0 Å². The highest BCUT2D eigenvalue weighted by Crippen LogP contribution is 2.33. The van der Waals surface area contributed by atoms with Gasteiger partial charge in [-0.1, -0.05) is 48.5 Å². The van der Waals surface area contributed by atoms with Crippen LogP contribution in [0.4, 0.5) is 0 Å². The van der Waals surface area contributed by atoms with Crippen LogP contribution in [0.15, 0.2) is 91.0 Å². The van der Waals surface area contributed by atoms with Gasteiger partial charge < -0.3 is 14.5 Å². The summed E-state index contributed by atoms with van der Waals surface area (Å²) in [5, 5.41) is 3.30. The minimum Gasteiger partial charge on any atom is -0.493 e. The van der Waals surface area contributed by atoms with E-state index in [1.807, 2.05) is 54.6 Å². The molecule has 0 saturated heterocycles. The molecule has 0 atom stereocenters. The van der Waals surface area contributed by atoms with Crippen molar-refractivity contribution in [3.05, 3.63) is 102 Å². The molecule has 0 amide bonds. The number of H-pyrrole nitrogens is 1. The summed E-state index contributed by atoms with van der Waals surface area (Å²) >= 11 is 0. The highest BCUT2D eigenvalue weighted by molar-refractivity contribution is 6.14. The Balaban J connectivity index is 1.51. The molecule has 1 heterocycles. The zero-order chi connectivity index (χ0) is 20.5. The molecule has 0 aliphatic carbocycles. The molecule has 0 aliphatic rings. The number of carbonyl (C=O) groups excluding carboxylic acids is 1. The number of nitrogens with one attached hydrogen (secondary N) is 1. The van der Waals surface area contributed by atoms with E-state index in [0.717, 1.165) is 21.7 Å². The van der Waals surface area contributed by atoms with E-state index in [2.05, 4.69) is 23.2 Å². The number of aromatic nitrogens is 1. The normalized spacial score (nSPS) is 11.0. The first-order valence-electron chi connectivity index (χ1n) is 9.69. The van der Waals surface area contributed by atoms with Crippen molar-refractivity contribution < 1.29 is 14.3 Å². The van der Waals surface area contributed by atoms with E-state index >= 15 is 0 Å². The van der Waals surface area contributed by atoms with Crippen LogP contribution in [0.5, 0.6) is 17.2 Å². The zero-order valence-corrected chi connectivity index (χ0v) is 16.4. The van der Waals surface area contributed by atoms with Crippen molar-refractivity contribution in [1.29, 1.82) is 0 Å². The maximum atomic E-state index is 13.2. The van der Waals surface area contributed by atoms with Gasteiger partial charge in [0.25, 0.3) is 0 Å². The second-order valence-corrected chi connectivity index (χ2v) is 7.04. The third kappa shape index (κ3) is 3.18. The summed E-state index contributed by atoms with van der Waals surface area (Å²) in [4.78, 5) is 16.4. The van der Waals surface area contributed by atoms with Crippen LogP contribution in [0, 0.1) is 0 Å². The molecule has 4 nitrogen and oxygen atoms in total. The minimum absolute atomic E-state index is 0.0974. The van der Waals surface area contributed by atoms with E-state index in [0.29, 0.717) is 28.5 Å². The Morgan fingerprint density at radius 1 is 0.767 bits per heavy atom. The Morgan fingerprint density at radius 2 is 1.57 bits per heavy atom. The quantitative estimate of drug-likeness (QED) is 0.354.